The Kier molecular flexibility index (Phi) is 4.51. The molecule has 0 saturated heterocycles. The van der Waals surface area contributed by atoms with E-state index in [2.05, 4.69) is 35.8 Å². The number of rotatable bonds is 4. The van der Waals surface area contributed by atoms with Crippen molar-refractivity contribution in [2.24, 2.45) is 0 Å². The summed E-state index contributed by atoms with van der Waals surface area (Å²) in [6, 6.07) is 0. The van der Waals surface area contributed by atoms with Crippen molar-refractivity contribution in [1.29, 1.82) is 0 Å². The minimum absolute atomic E-state index is 0.646. The van der Waals surface area contributed by atoms with Crippen molar-refractivity contribution >= 4 is 29.8 Å². The Bertz CT molecular complexity index is 217. The lowest BCUT2D eigenvalue weighted by atomic mass is 10.3. The van der Waals surface area contributed by atoms with Crippen LogP contribution in [0.5, 0.6) is 0 Å². The first-order valence-electron chi connectivity index (χ1n) is 4.24. The van der Waals surface area contributed by atoms with Crippen LogP contribution in [0.4, 0.5) is 0 Å². The molecule has 1 aliphatic heterocycles. The fraction of sp³-hybridized carbons (Fsp3) is 0.571. The van der Waals surface area contributed by atoms with Gasteiger partial charge in [-0.2, -0.15) is 0 Å². The van der Waals surface area contributed by atoms with Gasteiger partial charge in [0.2, 0.25) is 0 Å². The van der Waals surface area contributed by atoms with E-state index in [4.69, 9.17) is 12.2 Å². The standard InChI is InChI=1S/C7H14N4S2/c1-2-3-4-8-11-9-6(12)5-7(13)10-11/h5,8-9,12H,2-4H2,1H3,(H,10,13). The molecule has 0 radical (unpaired) electrons. The van der Waals surface area contributed by atoms with Crippen molar-refractivity contribution in [1.82, 2.24) is 21.5 Å². The van der Waals surface area contributed by atoms with Gasteiger partial charge in [0, 0.05) is 12.6 Å². The highest BCUT2D eigenvalue weighted by Gasteiger charge is 2.10. The summed E-state index contributed by atoms with van der Waals surface area (Å²) in [5, 5.41) is 2.35. The van der Waals surface area contributed by atoms with E-state index in [0.29, 0.717) is 4.99 Å². The molecule has 0 amide bonds. The number of nitrogens with zero attached hydrogens (tertiary/aromatic N) is 1. The average Bonchev–Trinajstić information content (AvgIpc) is 2.03. The largest absolute Gasteiger partial charge is 0.281 e. The van der Waals surface area contributed by atoms with Gasteiger partial charge in [-0.15, -0.1) is 12.6 Å². The zero-order valence-corrected chi connectivity index (χ0v) is 9.21. The lowest BCUT2D eigenvalue weighted by Crippen LogP contribution is -2.59. The Morgan fingerprint density at radius 3 is 3.00 bits per heavy atom. The molecular weight excluding hydrogens is 204 g/mol. The smallest absolute Gasteiger partial charge is 0.118 e. The summed E-state index contributed by atoms with van der Waals surface area (Å²) >= 11 is 9.15. The van der Waals surface area contributed by atoms with Crippen LogP contribution in [0.3, 0.4) is 0 Å². The number of hydrazine groups is 3. The van der Waals surface area contributed by atoms with E-state index in [0.717, 1.165) is 24.4 Å². The Hall–Kier alpha value is -0.300. The predicted octanol–water partition coefficient (Wildman–Crippen LogP) is 0.714. The second kappa shape index (κ2) is 5.43. The van der Waals surface area contributed by atoms with Gasteiger partial charge in [-0.3, -0.25) is 10.9 Å². The lowest BCUT2D eigenvalue weighted by Gasteiger charge is -2.28. The highest BCUT2D eigenvalue weighted by atomic mass is 32.1. The molecule has 0 aliphatic carbocycles. The van der Waals surface area contributed by atoms with Gasteiger partial charge < -0.3 is 0 Å². The first kappa shape index (κ1) is 10.8. The molecule has 0 aromatic rings. The predicted molar refractivity (Wildman–Crippen MR) is 60.7 cm³/mol. The van der Waals surface area contributed by atoms with Gasteiger partial charge in [0.15, 0.2) is 0 Å². The highest BCUT2D eigenvalue weighted by Crippen LogP contribution is 2.00. The molecule has 3 N–H and O–H groups in total. The molecular formula is C7H14N4S2. The molecule has 1 rings (SSSR count). The fourth-order valence-electron chi connectivity index (χ4n) is 0.888. The SMILES string of the molecule is CCCCNN1NC(=S)C=C(S)N1. The zero-order chi connectivity index (χ0) is 9.68. The second-order valence-corrected chi connectivity index (χ2v) is 3.64. The maximum Gasteiger partial charge on any atom is 0.118 e. The molecule has 74 valence electrons. The summed E-state index contributed by atoms with van der Waals surface area (Å²) in [6.07, 6.45) is 4.03. The number of thiocarbonyl (C=S) groups is 1. The maximum atomic E-state index is 4.98. The number of nitrogens with one attached hydrogen (secondary N) is 3. The molecule has 1 heterocycles. The molecule has 0 aromatic heterocycles. The molecule has 4 nitrogen and oxygen atoms in total. The van der Waals surface area contributed by atoms with Crippen molar-refractivity contribution < 1.29 is 0 Å². The summed E-state index contributed by atoms with van der Waals surface area (Å²) in [6.45, 7) is 3.05. The third-order valence-electron chi connectivity index (χ3n) is 1.52. The van der Waals surface area contributed by atoms with E-state index < -0.39 is 0 Å². The van der Waals surface area contributed by atoms with Gasteiger partial charge in [0.1, 0.15) is 4.99 Å². The van der Waals surface area contributed by atoms with E-state index >= 15 is 0 Å². The number of thiol groups is 1. The van der Waals surface area contributed by atoms with E-state index in [9.17, 15) is 0 Å². The molecule has 0 bridgehead atoms. The van der Waals surface area contributed by atoms with Crippen molar-refractivity contribution in [3.8, 4) is 0 Å². The fourth-order valence-corrected chi connectivity index (χ4v) is 1.41. The van der Waals surface area contributed by atoms with Crippen molar-refractivity contribution in [3.05, 3.63) is 11.1 Å². The van der Waals surface area contributed by atoms with Gasteiger partial charge in [-0.25, -0.2) is 5.43 Å². The van der Waals surface area contributed by atoms with Gasteiger partial charge >= 0.3 is 0 Å². The summed E-state index contributed by atoms with van der Waals surface area (Å²) in [5.41, 5.74) is 8.99. The van der Waals surface area contributed by atoms with Crippen LogP contribution >= 0.6 is 24.8 Å². The van der Waals surface area contributed by atoms with Gasteiger partial charge in [-0.05, 0) is 6.42 Å². The summed E-state index contributed by atoms with van der Waals surface area (Å²) in [4.78, 5) is 0.646. The van der Waals surface area contributed by atoms with E-state index in [1.165, 1.54) is 0 Å². The molecule has 1 aliphatic rings. The van der Waals surface area contributed by atoms with Crippen LogP contribution in [0.25, 0.3) is 0 Å². The number of unbranched alkanes of at least 4 members (excludes halogenated alkanes) is 1. The van der Waals surface area contributed by atoms with Crippen LogP contribution in [-0.4, -0.2) is 16.8 Å². The van der Waals surface area contributed by atoms with Gasteiger partial charge in [-0.1, -0.05) is 30.8 Å². The van der Waals surface area contributed by atoms with E-state index in [1.54, 1.807) is 11.3 Å². The number of hydrogen-bond acceptors (Lipinski definition) is 5. The summed E-state index contributed by atoms with van der Waals surface area (Å²) in [5.74, 6) is 0. The molecule has 6 heteroatoms. The third-order valence-corrected chi connectivity index (χ3v) is 1.95. The Morgan fingerprint density at radius 2 is 2.38 bits per heavy atom. The first-order valence-corrected chi connectivity index (χ1v) is 5.09. The van der Waals surface area contributed by atoms with Crippen LogP contribution in [-0.2, 0) is 0 Å². The van der Waals surface area contributed by atoms with Gasteiger partial charge in [0.25, 0.3) is 0 Å². The normalized spacial score (nSPS) is 17.7. The van der Waals surface area contributed by atoms with Crippen LogP contribution in [0, 0.1) is 0 Å². The van der Waals surface area contributed by atoms with Crippen LogP contribution in [0.1, 0.15) is 19.8 Å². The average molecular weight is 218 g/mol. The number of hydrogen-bond donors (Lipinski definition) is 4. The monoisotopic (exact) mass is 218 g/mol. The Labute approximate surface area is 89.1 Å². The maximum absolute atomic E-state index is 4.98. The molecule has 0 spiro atoms. The van der Waals surface area contributed by atoms with Crippen LogP contribution < -0.4 is 16.3 Å². The first-order chi connectivity index (χ1) is 6.22. The van der Waals surface area contributed by atoms with Crippen LogP contribution in [0.15, 0.2) is 11.1 Å². The minimum atomic E-state index is 0.646. The third kappa shape index (κ3) is 3.95. The minimum Gasteiger partial charge on any atom is -0.281 e. The molecule has 0 fully saturated rings. The Balaban J connectivity index is 2.29. The zero-order valence-electron chi connectivity index (χ0n) is 7.50. The molecule has 0 aromatic carbocycles. The summed E-state index contributed by atoms with van der Waals surface area (Å²) < 4.78 is 0. The van der Waals surface area contributed by atoms with Crippen molar-refractivity contribution in [2.75, 3.05) is 6.54 Å². The highest BCUT2D eigenvalue weighted by molar-refractivity contribution is 7.84. The van der Waals surface area contributed by atoms with E-state index in [1.807, 2.05) is 0 Å². The topological polar surface area (TPSA) is 39.3 Å². The molecule has 0 saturated carbocycles. The van der Waals surface area contributed by atoms with Crippen LogP contribution in [0.2, 0.25) is 0 Å². The van der Waals surface area contributed by atoms with Crippen molar-refractivity contribution in [2.45, 2.75) is 19.8 Å². The van der Waals surface area contributed by atoms with Gasteiger partial charge in [0.05, 0.1) is 5.03 Å². The Morgan fingerprint density at radius 1 is 1.62 bits per heavy atom. The summed E-state index contributed by atoms with van der Waals surface area (Å²) in [7, 11) is 0. The lowest BCUT2D eigenvalue weighted by molar-refractivity contribution is 0.0991. The molecule has 0 atom stereocenters. The van der Waals surface area contributed by atoms with E-state index in [-0.39, 0.29) is 0 Å². The quantitative estimate of drug-likeness (QED) is 0.318. The molecule has 13 heavy (non-hydrogen) atoms. The van der Waals surface area contributed by atoms with Crippen molar-refractivity contribution in [3.63, 3.8) is 0 Å². The second-order valence-electron chi connectivity index (χ2n) is 2.71. The molecule has 0 unspecified atom stereocenters.